The van der Waals surface area contributed by atoms with Gasteiger partial charge in [0.15, 0.2) is 0 Å². The van der Waals surface area contributed by atoms with E-state index in [0.717, 1.165) is 12.7 Å². The van der Waals surface area contributed by atoms with Gasteiger partial charge in [0, 0.05) is 19.7 Å². The largest absolute Gasteiger partial charge is 0.358 e. The maximum absolute atomic E-state index is 12.9. The molecule has 0 fully saturated rings. The van der Waals surface area contributed by atoms with Crippen LogP contribution in [0.5, 0.6) is 0 Å². The SMILES string of the molecule is CCCN(CC(=O)NC)c1cc(F)ncn1. The van der Waals surface area contributed by atoms with E-state index in [0.29, 0.717) is 12.4 Å². The van der Waals surface area contributed by atoms with Crippen LogP contribution in [0.25, 0.3) is 0 Å². The molecule has 0 aliphatic heterocycles. The molecule has 0 saturated heterocycles. The molecule has 1 aromatic heterocycles. The number of rotatable bonds is 5. The minimum atomic E-state index is -0.594. The molecule has 16 heavy (non-hydrogen) atoms. The molecule has 1 N–H and O–H groups in total. The molecule has 0 aliphatic rings. The molecule has 1 amide bonds. The van der Waals surface area contributed by atoms with Crippen molar-refractivity contribution in [1.82, 2.24) is 15.3 Å². The summed E-state index contributed by atoms with van der Waals surface area (Å²) in [5.74, 6) is -0.298. The van der Waals surface area contributed by atoms with Crippen LogP contribution in [0, 0.1) is 5.95 Å². The summed E-state index contributed by atoms with van der Waals surface area (Å²) in [4.78, 5) is 20.3. The molecule has 6 heteroatoms. The highest BCUT2D eigenvalue weighted by Crippen LogP contribution is 2.10. The Balaban J connectivity index is 2.80. The summed E-state index contributed by atoms with van der Waals surface area (Å²) in [6.45, 7) is 2.79. The van der Waals surface area contributed by atoms with Crippen molar-refractivity contribution < 1.29 is 9.18 Å². The highest BCUT2D eigenvalue weighted by atomic mass is 19.1. The first-order valence-electron chi connectivity index (χ1n) is 5.10. The van der Waals surface area contributed by atoms with E-state index in [9.17, 15) is 9.18 Å². The second-order valence-electron chi connectivity index (χ2n) is 3.29. The zero-order valence-corrected chi connectivity index (χ0v) is 9.40. The van der Waals surface area contributed by atoms with E-state index in [1.807, 2.05) is 6.92 Å². The Bertz CT molecular complexity index is 358. The number of anilines is 1. The van der Waals surface area contributed by atoms with Gasteiger partial charge in [-0.05, 0) is 6.42 Å². The molecule has 0 saturated carbocycles. The molecule has 0 atom stereocenters. The van der Waals surface area contributed by atoms with Gasteiger partial charge in [0.2, 0.25) is 11.9 Å². The average Bonchev–Trinajstić information content (AvgIpc) is 2.28. The van der Waals surface area contributed by atoms with Gasteiger partial charge < -0.3 is 10.2 Å². The van der Waals surface area contributed by atoms with Crippen molar-refractivity contribution in [3.05, 3.63) is 18.3 Å². The van der Waals surface area contributed by atoms with Crippen LogP contribution in [0.1, 0.15) is 13.3 Å². The van der Waals surface area contributed by atoms with E-state index < -0.39 is 5.95 Å². The summed E-state index contributed by atoms with van der Waals surface area (Å²) in [7, 11) is 1.56. The number of aromatic nitrogens is 2. The number of likely N-dealkylation sites (N-methyl/N-ethyl adjacent to an activating group) is 1. The third-order valence-electron chi connectivity index (χ3n) is 2.05. The lowest BCUT2D eigenvalue weighted by molar-refractivity contribution is -0.119. The van der Waals surface area contributed by atoms with Gasteiger partial charge in [-0.2, -0.15) is 4.39 Å². The average molecular weight is 226 g/mol. The van der Waals surface area contributed by atoms with E-state index >= 15 is 0 Å². The molecule has 88 valence electrons. The summed E-state index contributed by atoms with van der Waals surface area (Å²) in [6.07, 6.45) is 2.00. The van der Waals surface area contributed by atoms with E-state index in [4.69, 9.17) is 0 Å². The van der Waals surface area contributed by atoms with Gasteiger partial charge in [-0.1, -0.05) is 6.92 Å². The third-order valence-corrected chi connectivity index (χ3v) is 2.05. The van der Waals surface area contributed by atoms with Crippen LogP contribution >= 0.6 is 0 Å². The summed E-state index contributed by atoms with van der Waals surface area (Å²) in [5.41, 5.74) is 0. The lowest BCUT2D eigenvalue weighted by atomic mass is 10.3. The maximum Gasteiger partial charge on any atom is 0.239 e. The zero-order valence-electron chi connectivity index (χ0n) is 9.40. The lowest BCUT2D eigenvalue weighted by Gasteiger charge is -2.21. The van der Waals surface area contributed by atoms with Crippen LogP contribution in [0.4, 0.5) is 10.2 Å². The first-order valence-corrected chi connectivity index (χ1v) is 5.10. The predicted octanol–water partition coefficient (Wildman–Crippen LogP) is 0.578. The lowest BCUT2D eigenvalue weighted by Crippen LogP contribution is -2.36. The van der Waals surface area contributed by atoms with Gasteiger partial charge in [0.1, 0.15) is 12.1 Å². The van der Waals surface area contributed by atoms with E-state index in [1.165, 1.54) is 6.07 Å². The zero-order chi connectivity index (χ0) is 12.0. The fraction of sp³-hybridized carbons (Fsp3) is 0.500. The third kappa shape index (κ3) is 3.45. The molecular weight excluding hydrogens is 211 g/mol. The molecule has 0 radical (unpaired) electrons. The number of nitrogens with zero attached hydrogens (tertiary/aromatic N) is 3. The van der Waals surface area contributed by atoms with Crippen LogP contribution in [0.15, 0.2) is 12.4 Å². The van der Waals surface area contributed by atoms with Gasteiger partial charge in [0.25, 0.3) is 0 Å². The van der Waals surface area contributed by atoms with Gasteiger partial charge in [-0.15, -0.1) is 0 Å². The highest BCUT2D eigenvalue weighted by molar-refractivity contribution is 5.80. The van der Waals surface area contributed by atoms with E-state index in [-0.39, 0.29) is 12.5 Å². The Labute approximate surface area is 93.7 Å². The van der Waals surface area contributed by atoms with Crippen LogP contribution in [0.2, 0.25) is 0 Å². The van der Waals surface area contributed by atoms with E-state index in [1.54, 1.807) is 11.9 Å². The smallest absolute Gasteiger partial charge is 0.239 e. The first-order chi connectivity index (χ1) is 7.67. The molecule has 1 heterocycles. The molecule has 0 unspecified atom stereocenters. The molecule has 5 nitrogen and oxygen atoms in total. The quantitative estimate of drug-likeness (QED) is 0.746. The minimum Gasteiger partial charge on any atom is -0.358 e. The molecule has 1 rings (SSSR count). The number of halogens is 1. The molecule has 1 aromatic rings. The highest BCUT2D eigenvalue weighted by Gasteiger charge is 2.11. The Morgan fingerprint density at radius 2 is 2.31 bits per heavy atom. The monoisotopic (exact) mass is 226 g/mol. The number of nitrogens with one attached hydrogen (secondary N) is 1. The number of carbonyl (C=O) groups is 1. The van der Waals surface area contributed by atoms with Gasteiger partial charge in [-0.25, -0.2) is 9.97 Å². The Kier molecular flexibility index (Phi) is 4.63. The van der Waals surface area contributed by atoms with Crippen molar-refractivity contribution >= 4 is 11.7 Å². The van der Waals surface area contributed by atoms with Crippen molar-refractivity contribution in [3.8, 4) is 0 Å². The van der Waals surface area contributed by atoms with Crippen molar-refractivity contribution in [2.75, 3.05) is 25.0 Å². The second kappa shape index (κ2) is 5.99. The van der Waals surface area contributed by atoms with Crippen molar-refractivity contribution in [2.45, 2.75) is 13.3 Å². The first kappa shape index (κ1) is 12.4. The predicted molar refractivity (Wildman–Crippen MR) is 58.6 cm³/mol. The maximum atomic E-state index is 12.9. The summed E-state index contributed by atoms with van der Waals surface area (Å²) >= 11 is 0. The fourth-order valence-corrected chi connectivity index (χ4v) is 1.29. The van der Waals surface area contributed by atoms with Crippen molar-refractivity contribution in [2.24, 2.45) is 0 Å². The number of hydrogen-bond acceptors (Lipinski definition) is 4. The number of amides is 1. The Morgan fingerprint density at radius 1 is 1.56 bits per heavy atom. The summed E-state index contributed by atoms with van der Waals surface area (Å²) < 4.78 is 12.9. The van der Waals surface area contributed by atoms with Crippen LogP contribution in [0.3, 0.4) is 0 Å². The van der Waals surface area contributed by atoms with E-state index in [2.05, 4.69) is 15.3 Å². The van der Waals surface area contributed by atoms with Crippen molar-refractivity contribution in [1.29, 1.82) is 0 Å². The van der Waals surface area contributed by atoms with Gasteiger partial charge >= 0.3 is 0 Å². The second-order valence-corrected chi connectivity index (χ2v) is 3.29. The normalized spacial score (nSPS) is 9.94. The Hall–Kier alpha value is -1.72. The van der Waals surface area contributed by atoms with Crippen LogP contribution in [-0.2, 0) is 4.79 Å². The Morgan fingerprint density at radius 3 is 2.88 bits per heavy atom. The standard InChI is InChI=1S/C10H15FN4O/c1-3-4-15(6-10(16)12-2)9-5-8(11)13-7-14-9/h5,7H,3-4,6H2,1-2H3,(H,12,16). The molecule has 0 aliphatic carbocycles. The number of carbonyl (C=O) groups excluding carboxylic acids is 1. The molecule has 0 aromatic carbocycles. The van der Waals surface area contributed by atoms with Crippen LogP contribution < -0.4 is 10.2 Å². The van der Waals surface area contributed by atoms with Gasteiger partial charge in [0.05, 0.1) is 6.54 Å². The van der Waals surface area contributed by atoms with Crippen molar-refractivity contribution in [3.63, 3.8) is 0 Å². The molecular formula is C10H15FN4O. The number of hydrogen-bond donors (Lipinski definition) is 1. The summed E-state index contributed by atoms with van der Waals surface area (Å²) in [6, 6.07) is 1.22. The van der Waals surface area contributed by atoms with Crippen LogP contribution in [-0.4, -0.2) is 36.0 Å². The molecule has 0 spiro atoms. The topological polar surface area (TPSA) is 58.1 Å². The minimum absolute atomic E-state index is 0.132. The van der Waals surface area contributed by atoms with Gasteiger partial charge in [-0.3, -0.25) is 4.79 Å². The fourth-order valence-electron chi connectivity index (χ4n) is 1.29. The molecule has 0 bridgehead atoms. The summed E-state index contributed by atoms with van der Waals surface area (Å²) in [5, 5.41) is 2.52.